The number of hydrogen-bond acceptors (Lipinski definition) is 2. The van der Waals surface area contributed by atoms with Crippen LogP contribution in [0.25, 0.3) is 0 Å². The van der Waals surface area contributed by atoms with Gasteiger partial charge >= 0.3 is 0 Å². The Bertz CT molecular complexity index is 707. The molecule has 0 bridgehead atoms. The van der Waals surface area contributed by atoms with E-state index >= 15 is 0 Å². The van der Waals surface area contributed by atoms with Crippen LogP contribution < -0.4 is 10.9 Å². The lowest BCUT2D eigenvalue weighted by Gasteiger charge is -2.10. The van der Waals surface area contributed by atoms with E-state index in [0.29, 0.717) is 10.7 Å². The molecular formula is C15H15ClN2O2. The van der Waals surface area contributed by atoms with E-state index < -0.39 is 0 Å². The number of amides is 1. The Morgan fingerprint density at radius 1 is 1.25 bits per heavy atom. The Morgan fingerprint density at radius 3 is 2.70 bits per heavy atom. The normalized spacial score (nSPS) is 10.3. The molecule has 1 aromatic heterocycles. The molecule has 4 nitrogen and oxygen atoms in total. The third kappa shape index (κ3) is 3.48. The molecule has 20 heavy (non-hydrogen) atoms. The molecule has 1 amide bonds. The third-order valence-corrected chi connectivity index (χ3v) is 3.17. The summed E-state index contributed by atoms with van der Waals surface area (Å²) in [7, 11) is 0. The summed E-state index contributed by atoms with van der Waals surface area (Å²) in [5.41, 5.74) is 2.25. The molecule has 1 N–H and O–H groups in total. The fourth-order valence-corrected chi connectivity index (χ4v) is 1.98. The smallest absolute Gasteiger partial charge is 0.251 e. The average Bonchev–Trinajstić information content (AvgIpc) is 2.37. The van der Waals surface area contributed by atoms with Crippen molar-refractivity contribution in [2.24, 2.45) is 0 Å². The summed E-state index contributed by atoms with van der Waals surface area (Å²) in [5.74, 6) is -0.263. The van der Waals surface area contributed by atoms with Crippen molar-refractivity contribution >= 4 is 23.2 Å². The van der Waals surface area contributed by atoms with E-state index in [9.17, 15) is 9.59 Å². The molecule has 0 unspecified atom stereocenters. The molecular weight excluding hydrogens is 276 g/mol. The SMILES string of the molecule is Cc1ccn(CC(=O)Nc2cc(Cl)ccc2C)c(=O)c1. The Morgan fingerprint density at radius 2 is 2.00 bits per heavy atom. The fourth-order valence-electron chi connectivity index (χ4n) is 1.81. The van der Waals surface area contributed by atoms with Crippen LogP contribution in [0.2, 0.25) is 5.02 Å². The average molecular weight is 291 g/mol. The van der Waals surface area contributed by atoms with E-state index in [1.807, 2.05) is 19.9 Å². The molecule has 104 valence electrons. The molecule has 0 radical (unpaired) electrons. The van der Waals surface area contributed by atoms with Gasteiger partial charge in [0.15, 0.2) is 0 Å². The molecule has 0 saturated heterocycles. The molecule has 0 aliphatic carbocycles. The van der Waals surface area contributed by atoms with Crippen molar-refractivity contribution in [2.75, 3.05) is 5.32 Å². The number of halogens is 1. The number of aromatic nitrogens is 1. The van der Waals surface area contributed by atoms with E-state index in [-0.39, 0.29) is 18.0 Å². The second-order valence-electron chi connectivity index (χ2n) is 4.68. The van der Waals surface area contributed by atoms with Crippen molar-refractivity contribution in [3.05, 3.63) is 63.0 Å². The zero-order chi connectivity index (χ0) is 14.7. The highest BCUT2D eigenvalue weighted by Crippen LogP contribution is 2.20. The first-order chi connectivity index (χ1) is 9.45. The minimum atomic E-state index is -0.263. The summed E-state index contributed by atoms with van der Waals surface area (Å²) < 4.78 is 1.36. The number of nitrogens with zero attached hydrogens (tertiary/aromatic N) is 1. The molecule has 2 aromatic rings. The predicted molar refractivity (Wildman–Crippen MR) is 80.3 cm³/mol. The van der Waals surface area contributed by atoms with Gasteiger partial charge in [-0.2, -0.15) is 0 Å². The highest BCUT2D eigenvalue weighted by Gasteiger charge is 2.07. The lowest BCUT2D eigenvalue weighted by molar-refractivity contribution is -0.116. The maximum atomic E-state index is 12.0. The quantitative estimate of drug-likeness (QED) is 0.945. The maximum Gasteiger partial charge on any atom is 0.251 e. The first kappa shape index (κ1) is 14.3. The molecule has 0 atom stereocenters. The maximum absolute atomic E-state index is 12.0. The molecule has 1 heterocycles. The molecule has 1 aromatic carbocycles. The van der Waals surface area contributed by atoms with Gasteiger partial charge in [0, 0.05) is 23.0 Å². The number of hydrogen-bond donors (Lipinski definition) is 1. The second-order valence-corrected chi connectivity index (χ2v) is 5.11. The van der Waals surface area contributed by atoms with Gasteiger partial charge in [-0.1, -0.05) is 17.7 Å². The largest absolute Gasteiger partial charge is 0.324 e. The summed E-state index contributed by atoms with van der Waals surface area (Å²) in [4.78, 5) is 23.7. The first-order valence-corrected chi connectivity index (χ1v) is 6.56. The van der Waals surface area contributed by atoms with Crippen LogP contribution in [-0.2, 0) is 11.3 Å². The van der Waals surface area contributed by atoms with E-state index in [4.69, 9.17) is 11.6 Å². The van der Waals surface area contributed by atoms with Gasteiger partial charge in [-0.05, 0) is 43.2 Å². The van der Waals surface area contributed by atoms with Crippen LogP contribution in [0.4, 0.5) is 5.69 Å². The fraction of sp³-hybridized carbons (Fsp3) is 0.200. The number of pyridine rings is 1. The molecule has 0 saturated carbocycles. The lowest BCUT2D eigenvalue weighted by atomic mass is 10.2. The van der Waals surface area contributed by atoms with Gasteiger partial charge in [0.2, 0.25) is 5.91 Å². The summed E-state index contributed by atoms with van der Waals surface area (Å²) in [5, 5.41) is 3.31. The van der Waals surface area contributed by atoms with Gasteiger partial charge in [0.1, 0.15) is 6.54 Å². The molecule has 0 spiro atoms. The zero-order valence-electron chi connectivity index (χ0n) is 11.3. The molecule has 0 aliphatic heterocycles. The number of anilines is 1. The monoisotopic (exact) mass is 290 g/mol. The Hall–Kier alpha value is -2.07. The third-order valence-electron chi connectivity index (χ3n) is 2.94. The first-order valence-electron chi connectivity index (χ1n) is 6.19. The molecule has 0 fully saturated rings. The summed E-state index contributed by atoms with van der Waals surface area (Å²) in [6.07, 6.45) is 1.61. The van der Waals surface area contributed by atoms with E-state index in [1.54, 1.807) is 24.4 Å². The van der Waals surface area contributed by atoms with Crippen molar-refractivity contribution in [1.29, 1.82) is 0 Å². The topological polar surface area (TPSA) is 51.1 Å². The number of nitrogens with one attached hydrogen (secondary N) is 1. The van der Waals surface area contributed by atoms with Crippen molar-refractivity contribution in [3.8, 4) is 0 Å². The van der Waals surface area contributed by atoms with Gasteiger partial charge in [0.25, 0.3) is 5.56 Å². The standard InChI is InChI=1S/C15H15ClN2O2/c1-10-5-6-18(15(20)7-10)9-14(19)17-13-8-12(16)4-3-11(13)2/h3-8H,9H2,1-2H3,(H,17,19). The van der Waals surface area contributed by atoms with Gasteiger partial charge in [-0.15, -0.1) is 0 Å². The predicted octanol–water partition coefficient (Wildman–Crippen LogP) is 2.76. The van der Waals surface area contributed by atoms with Crippen LogP contribution in [0, 0.1) is 13.8 Å². The zero-order valence-corrected chi connectivity index (χ0v) is 12.1. The van der Waals surface area contributed by atoms with Gasteiger partial charge in [-0.25, -0.2) is 0 Å². The van der Waals surface area contributed by atoms with Gasteiger partial charge in [-0.3, -0.25) is 9.59 Å². The van der Waals surface area contributed by atoms with Crippen LogP contribution in [0.3, 0.4) is 0 Å². The van der Waals surface area contributed by atoms with Crippen molar-refractivity contribution < 1.29 is 4.79 Å². The van der Waals surface area contributed by atoms with Crippen molar-refractivity contribution in [1.82, 2.24) is 4.57 Å². The number of rotatable bonds is 3. The van der Waals surface area contributed by atoms with Gasteiger partial charge < -0.3 is 9.88 Å². The van der Waals surface area contributed by atoms with Gasteiger partial charge in [0.05, 0.1) is 0 Å². The molecule has 2 rings (SSSR count). The van der Waals surface area contributed by atoms with E-state index in [0.717, 1.165) is 11.1 Å². The summed E-state index contributed by atoms with van der Waals surface area (Å²) in [6.45, 7) is 3.69. The summed E-state index contributed by atoms with van der Waals surface area (Å²) >= 11 is 5.90. The Balaban J connectivity index is 2.13. The van der Waals surface area contributed by atoms with Crippen LogP contribution >= 0.6 is 11.6 Å². The van der Waals surface area contributed by atoms with Crippen LogP contribution in [0.15, 0.2) is 41.3 Å². The van der Waals surface area contributed by atoms with E-state index in [1.165, 1.54) is 10.6 Å². The lowest BCUT2D eigenvalue weighted by Crippen LogP contribution is -2.27. The minimum absolute atomic E-state index is 0.0228. The molecule has 5 heteroatoms. The van der Waals surface area contributed by atoms with Crippen molar-refractivity contribution in [3.63, 3.8) is 0 Å². The summed E-state index contributed by atoms with van der Waals surface area (Å²) in [6, 6.07) is 8.57. The van der Waals surface area contributed by atoms with Crippen molar-refractivity contribution in [2.45, 2.75) is 20.4 Å². The number of benzene rings is 1. The highest BCUT2D eigenvalue weighted by molar-refractivity contribution is 6.31. The Labute approximate surface area is 122 Å². The number of carbonyl (C=O) groups excluding carboxylic acids is 1. The molecule has 0 aliphatic rings. The van der Waals surface area contributed by atoms with E-state index in [2.05, 4.69) is 5.32 Å². The van der Waals surface area contributed by atoms with Crippen LogP contribution in [-0.4, -0.2) is 10.5 Å². The van der Waals surface area contributed by atoms with Crippen LogP contribution in [0.5, 0.6) is 0 Å². The highest BCUT2D eigenvalue weighted by atomic mass is 35.5. The second kappa shape index (κ2) is 5.92. The Kier molecular flexibility index (Phi) is 4.25. The number of aryl methyl sites for hydroxylation is 2. The number of carbonyl (C=O) groups is 1. The minimum Gasteiger partial charge on any atom is -0.324 e. The van der Waals surface area contributed by atoms with Crippen LogP contribution in [0.1, 0.15) is 11.1 Å².